The normalized spacial score (nSPS) is 11.7. The number of anilines is 1. The number of hydrogen-bond acceptors (Lipinski definition) is 4. The Bertz CT molecular complexity index is 876. The maximum Gasteiger partial charge on any atom is 0.264 e. The third-order valence-corrected chi connectivity index (χ3v) is 4.45. The highest BCUT2D eigenvalue weighted by atomic mass is 35.5. The second kappa shape index (κ2) is 4.77. The van der Waals surface area contributed by atoms with Crippen LogP contribution >= 0.6 is 11.6 Å². The summed E-state index contributed by atoms with van der Waals surface area (Å²) in [5.74, 6) is 0. The number of rotatable bonds is 3. The Morgan fingerprint density at radius 1 is 1.25 bits per heavy atom. The highest BCUT2D eigenvalue weighted by Gasteiger charge is 2.20. The van der Waals surface area contributed by atoms with Gasteiger partial charge in [-0.1, -0.05) is 11.6 Å². The topological polar surface area (TPSA) is 87.7 Å². The zero-order valence-electron chi connectivity index (χ0n) is 10.0. The van der Waals surface area contributed by atoms with Gasteiger partial charge in [-0.3, -0.25) is 9.71 Å². The SMILES string of the molecule is O=S(=O)(Nc1cnccc1Cl)c1c[nH]c2ncccc12. The van der Waals surface area contributed by atoms with Crippen molar-refractivity contribution < 1.29 is 8.42 Å². The molecule has 0 amide bonds. The number of nitrogens with one attached hydrogen (secondary N) is 2. The Morgan fingerprint density at radius 3 is 2.90 bits per heavy atom. The maximum absolute atomic E-state index is 12.4. The number of nitrogens with zero attached hydrogens (tertiary/aromatic N) is 2. The smallest absolute Gasteiger partial charge is 0.264 e. The van der Waals surface area contributed by atoms with E-state index >= 15 is 0 Å². The molecular formula is C12H9ClN4O2S. The van der Waals surface area contributed by atoms with Crippen molar-refractivity contribution >= 4 is 38.3 Å². The van der Waals surface area contributed by atoms with E-state index in [0.717, 1.165) is 0 Å². The minimum Gasteiger partial charge on any atom is -0.345 e. The summed E-state index contributed by atoms with van der Waals surface area (Å²) in [6, 6.07) is 4.86. The van der Waals surface area contributed by atoms with E-state index in [1.165, 1.54) is 24.7 Å². The molecule has 0 saturated heterocycles. The van der Waals surface area contributed by atoms with Crippen molar-refractivity contribution in [1.82, 2.24) is 15.0 Å². The summed E-state index contributed by atoms with van der Waals surface area (Å²) in [4.78, 5) is 10.8. The number of sulfonamides is 1. The van der Waals surface area contributed by atoms with Gasteiger partial charge >= 0.3 is 0 Å². The van der Waals surface area contributed by atoms with Crippen molar-refractivity contribution in [3.8, 4) is 0 Å². The maximum atomic E-state index is 12.4. The van der Waals surface area contributed by atoms with E-state index in [4.69, 9.17) is 11.6 Å². The summed E-state index contributed by atoms with van der Waals surface area (Å²) >= 11 is 5.92. The molecule has 0 aliphatic carbocycles. The van der Waals surface area contributed by atoms with E-state index in [2.05, 4.69) is 19.7 Å². The Balaban J connectivity index is 2.07. The molecule has 102 valence electrons. The number of aromatic amines is 1. The minimum atomic E-state index is -3.76. The standard InChI is InChI=1S/C12H9ClN4O2S/c13-9-3-5-14-6-10(9)17-20(18,19)11-7-16-12-8(11)2-1-4-15-12/h1-7,17H,(H,15,16). The first-order valence-corrected chi connectivity index (χ1v) is 7.48. The molecule has 3 aromatic heterocycles. The van der Waals surface area contributed by atoms with Crippen molar-refractivity contribution in [3.05, 3.63) is 48.0 Å². The summed E-state index contributed by atoms with van der Waals surface area (Å²) in [5.41, 5.74) is 0.734. The van der Waals surface area contributed by atoms with Crippen LogP contribution in [0.5, 0.6) is 0 Å². The molecule has 0 bridgehead atoms. The number of H-pyrrole nitrogens is 1. The van der Waals surface area contributed by atoms with E-state index < -0.39 is 10.0 Å². The first kappa shape index (κ1) is 12.9. The average Bonchev–Trinajstić information content (AvgIpc) is 2.86. The summed E-state index contributed by atoms with van der Waals surface area (Å²) < 4.78 is 27.2. The Kier molecular flexibility index (Phi) is 3.07. The highest BCUT2D eigenvalue weighted by molar-refractivity contribution is 7.93. The molecule has 0 aliphatic rings. The lowest BCUT2D eigenvalue weighted by Gasteiger charge is -2.07. The van der Waals surface area contributed by atoms with Gasteiger partial charge in [0.15, 0.2) is 0 Å². The van der Waals surface area contributed by atoms with Crippen molar-refractivity contribution in [1.29, 1.82) is 0 Å². The zero-order valence-corrected chi connectivity index (χ0v) is 11.6. The van der Waals surface area contributed by atoms with Crippen LogP contribution in [-0.2, 0) is 10.0 Å². The summed E-state index contributed by atoms with van der Waals surface area (Å²) in [6.45, 7) is 0. The van der Waals surface area contributed by atoms with E-state index in [1.807, 2.05) is 0 Å². The van der Waals surface area contributed by atoms with Crippen molar-refractivity contribution in [2.24, 2.45) is 0 Å². The van der Waals surface area contributed by atoms with Crippen LogP contribution in [0.1, 0.15) is 0 Å². The minimum absolute atomic E-state index is 0.112. The van der Waals surface area contributed by atoms with E-state index in [1.54, 1.807) is 18.3 Å². The molecule has 3 rings (SSSR count). The molecule has 0 fully saturated rings. The molecule has 0 aromatic carbocycles. The number of fused-ring (bicyclic) bond motifs is 1. The Labute approximate surface area is 119 Å². The number of halogens is 1. The fourth-order valence-electron chi connectivity index (χ4n) is 1.81. The van der Waals surface area contributed by atoms with Gasteiger partial charge in [0.1, 0.15) is 10.5 Å². The van der Waals surface area contributed by atoms with Gasteiger partial charge in [0.25, 0.3) is 10.0 Å². The van der Waals surface area contributed by atoms with E-state index in [0.29, 0.717) is 11.0 Å². The highest BCUT2D eigenvalue weighted by Crippen LogP contribution is 2.26. The van der Waals surface area contributed by atoms with Gasteiger partial charge in [-0.2, -0.15) is 0 Å². The first-order chi connectivity index (χ1) is 9.58. The van der Waals surface area contributed by atoms with Gasteiger partial charge in [-0.05, 0) is 18.2 Å². The molecular weight excluding hydrogens is 300 g/mol. The van der Waals surface area contributed by atoms with Crippen LogP contribution in [-0.4, -0.2) is 23.4 Å². The Hall–Kier alpha value is -2.12. The predicted molar refractivity (Wildman–Crippen MR) is 76.1 cm³/mol. The van der Waals surface area contributed by atoms with Crippen LogP contribution in [0, 0.1) is 0 Å². The number of pyridine rings is 2. The fourth-order valence-corrected chi connectivity index (χ4v) is 3.24. The molecule has 3 aromatic rings. The molecule has 20 heavy (non-hydrogen) atoms. The summed E-state index contributed by atoms with van der Waals surface area (Å²) in [7, 11) is -3.76. The summed E-state index contributed by atoms with van der Waals surface area (Å²) in [6.07, 6.45) is 5.81. The molecule has 0 atom stereocenters. The quantitative estimate of drug-likeness (QED) is 0.777. The van der Waals surface area contributed by atoms with Gasteiger partial charge in [0.05, 0.1) is 16.9 Å². The van der Waals surface area contributed by atoms with Gasteiger partial charge in [-0.25, -0.2) is 13.4 Å². The third kappa shape index (κ3) is 2.21. The molecule has 8 heteroatoms. The van der Waals surface area contributed by atoms with Crippen molar-refractivity contribution in [2.45, 2.75) is 4.90 Å². The third-order valence-electron chi connectivity index (χ3n) is 2.71. The van der Waals surface area contributed by atoms with Crippen LogP contribution in [0.3, 0.4) is 0 Å². The van der Waals surface area contributed by atoms with Gasteiger partial charge in [-0.15, -0.1) is 0 Å². The van der Waals surface area contributed by atoms with Crippen molar-refractivity contribution in [3.63, 3.8) is 0 Å². The molecule has 0 radical (unpaired) electrons. The summed E-state index contributed by atoms with van der Waals surface area (Å²) in [5, 5.41) is 0.793. The van der Waals surface area contributed by atoms with Crippen LogP contribution in [0.2, 0.25) is 5.02 Å². The lowest BCUT2D eigenvalue weighted by molar-refractivity contribution is 0.602. The zero-order chi connectivity index (χ0) is 14.2. The molecule has 0 spiro atoms. The van der Waals surface area contributed by atoms with Crippen LogP contribution in [0.15, 0.2) is 47.9 Å². The fraction of sp³-hybridized carbons (Fsp3) is 0. The molecule has 2 N–H and O–H groups in total. The van der Waals surface area contributed by atoms with Crippen LogP contribution in [0.4, 0.5) is 5.69 Å². The average molecular weight is 309 g/mol. The number of hydrogen-bond donors (Lipinski definition) is 2. The van der Waals surface area contributed by atoms with Crippen molar-refractivity contribution in [2.75, 3.05) is 4.72 Å². The van der Waals surface area contributed by atoms with E-state index in [-0.39, 0.29) is 15.6 Å². The lowest BCUT2D eigenvalue weighted by atomic mass is 10.3. The molecule has 3 heterocycles. The molecule has 0 unspecified atom stereocenters. The lowest BCUT2D eigenvalue weighted by Crippen LogP contribution is -2.13. The number of aromatic nitrogens is 3. The molecule has 0 saturated carbocycles. The predicted octanol–water partition coefficient (Wildman–Crippen LogP) is 2.41. The van der Waals surface area contributed by atoms with Gasteiger partial charge in [0, 0.05) is 24.0 Å². The molecule has 0 aliphatic heterocycles. The van der Waals surface area contributed by atoms with Crippen LogP contribution < -0.4 is 4.72 Å². The largest absolute Gasteiger partial charge is 0.345 e. The second-order valence-corrected chi connectivity index (χ2v) is 6.07. The van der Waals surface area contributed by atoms with Crippen LogP contribution in [0.25, 0.3) is 11.0 Å². The first-order valence-electron chi connectivity index (χ1n) is 5.62. The second-order valence-electron chi connectivity index (χ2n) is 4.01. The van der Waals surface area contributed by atoms with Gasteiger partial charge < -0.3 is 4.98 Å². The van der Waals surface area contributed by atoms with Gasteiger partial charge in [0.2, 0.25) is 0 Å². The Morgan fingerprint density at radius 2 is 2.10 bits per heavy atom. The van der Waals surface area contributed by atoms with E-state index in [9.17, 15) is 8.42 Å². The monoisotopic (exact) mass is 308 g/mol. The molecule has 6 nitrogen and oxygen atoms in total.